The first-order valence-corrected chi connectivity index (χ1v) is 5.79. The normalized spacial score (nSPS) is 10.3. The third-order valence-corrected chi connectivity index (χ3v) is 2.48. The predicted molar refractivity (Wildman–Crippen MR) is 65.3 cm³/mol. The van der Waals surface area contributed by atoms with Gasteiger partial charge in [0, 0.05) is 11.8 Å². The minimum atomic E-state index is 0.776. The Balaban J connectivity index is 2.54. The molecule has 1 aromatic carbocycles. The molecule has 0 aliphatic rings. The smallest absolute Gasteiger partial charge is 0.124 e. The van der Waals surface area contributed by atoms with E-state index in [1.807, 2.05) is 18.2 Å². The summed E-state index contributed by atoms with van der Waals surface area (Å²) >= 11 is 0. The van der Waals surface area contributed by atoms with Crippen LogP contribution in [-0.2, 0) is 6.42 Å². The lowest BCUT2D eigenvalue weighted by Gasteiger charge is -2.10. The molecule has 0 fully saturated rings. The summed E-state index contributed by atoms with van der Waals surface area (Å²) in [7, 11) is 0. The Kier molecular flexibility index (Phi) is 5.02. The SMILES string of the molecule is CCCCCOc1cc(N)ccc1CC. The Morgan fingerprint density at radius 2 is 2.00 bits per heavy atom. The number of unbranched alkanes of at least 4 members (excludes halogenated alkanes) is 2. The molecule has 2 nitrogen and oxygen atoms in total. The van der Waals surface area contributed by atoms with Crippen molar-refractivity contribution in [3.05, 3.63) is 23.8 Å². The van der Waals surface area contributed by atoms with Crippen molar-refractivity contribution in [2.45, 2.75) is 39.5 Å². The zero-order valence-corrected chi connectivity index (χ0v) is 9.75. The third kappa shape index (κ3) is 3.82. The molecule has 2 N–H and O–H groups in total. The van der Waals surface area contributed by atoms with Gasteiger partial charge in [-0.15, -0.1) is 0 Å². The second kappa shape index (κ2) is 6.33. The number of benzene rings is 1. The zero-order valence-electron chi connectivity index (χ0n) is 9.75. The number of hydrogen-bond acceptors (Lipinski definition) is 2. The van der Waals surface area contributed by atoms with Crippen molar-refractivity contribution in [2.75, 3.05) is 12.3 Å². The van der Waals surface area contributed by atoms with E-state index in [0.29, 0.717) is 0 Å². The number of anilines is 1. The monoisotopic (exact) mass is 207 g/mol. The van der Waals surface area contributed by atoms with Crippen LogP contribution in [0.3, 0.4) is 0 Å². The van der Waals surface area contributed by atoms with E-state index in [0.717, 1.165) is 30.9 Å². The van der Waals surface area contributed by atoms with Crippen LogP contribution >= 0.6 is 0 Å². The van der Waals surface area contributed by atoms with E-state index < -0.39 is 0 Å². The van der Waals surface area contributed by atoms with E-state index in [1.54, 1.807) is 0 Å². The molecule has 0 radical (unpaired) electrons. The van der Waals surface area contributed by atoms with Crippen LogP contribution in [0.15, 0.2) is 18.2 Å². The first-order chi connectivity index (χ1) is 7.27. The Morgan fingerprint density at radius 1 is 1.20 bits per heavy atom. The van der Waals surface area contributed by atoms with Crippen LogP contribution in [0, 0.1) is 0 Å². The molecule has 0 bridgehead atoms. The highest BCUT2D eigenvalue weighted by atomic mass is 16.5. The molecule has 0 aliphatic heterocycles. The van der Waals surface area contributed by atoms with Gasteiger partial charge in [0.2, 0.25) is 0 Å². The molecular weight excluding hydrogens is 186 g/mol. The van der Waals surface area contributed by atoms with Gasteiger partial charge >= 0.3 is 0 Å². The Hall–Kier alpha value is -1.18. The maximum Gasteiger partial charge on any atom is 0.124 e. The molecule has 0 saturated heterocycles. The highest BCUT2D eigenvalue weighted by Crippen LogP contribution is 2.22. The van der Waals surface area contributed by atoms with E-state index in [9.17, 15) is 0 Å². The largest absolute Gasteiger partial charge is 0.493 e. The zero-order chi connectivity index (χ0) is 11.1. The number of rotatable bonds is 6. The average Bonchev–Trinajstić information content (AvgIpc) is 2.25. The molecule has 1 rings (SSSR count). The predicted octanol–water partition coefficient (Wildman–Crippen LogP) is 3.40. The van der Waals surface area contributed by atoms with Gasteiger partial charge in [-0.3, -0.25) is 0 Å². The fourth-order valence-electron chi connectivity index (χ4n) is 1.53. The summed E-state index contributed by atoms with van der Waals surface area (Å²) in [6, 6.07) is 5.90. The molecular formula is C13H21NO. The van der Waals surface area contributed by atoms with Crippen molar-refractivity contribution in [2.24, 2.45) is 0 Å². The summed E-state index contributed by atoms with van der Waals surface area (Å²) in [6.45, 7) is 5.12. The highest BCUT2D eigenvalue weighted by Gasteiger charge is 2.02. The van der Waals surface area contributed by atoms with Crippen molar-refractivity contribution in [3.63, 3.8) is 0 Å². The number of nitrogen functional groups attached to an aromatic ring is 1. The van der Waals surface area contributed by atoms with E-state index in [1.165, 1.54) is 18.4 Å². The third-order valence-electron chi connectivity index (χ3n) is 2.48. The molecule has 0 atom stereocenters. The van der Waals surface area contributed by atoms with E-state index in [4.69, 9.17) is 10.5 Å². The molecule has 0 aromatic heterocycles. The van der Waals surface area contributed by atoms with Gasteiger partial charge in [-0.05, 0) is 24.5 Å². The van der Waals surface area contributed by atoms with Crippen LogP contribution in [0.1, 0.15) is 38.7 Å². The molecule has 1 aromatic rings. The van der Waals surface area contributed by atoms with Crippen LogP contribution in [0.25, 0.3) is 0 Å². The van der Waals surface area contributed by atoms with Crippen LogP contribution in [0.4, 0.5) is 5.69 Å². The molecule has 0 heterocycles. The van der Waals surface area contributed by atoms with Crippen molar-refractivity contribution < 1.29 is 4.74 Å². The molecule has 0 amide bonds. The lowest BCUT2D eigenvalue weighted by molar-refractivity contribution is 0.303. The van der Waals surface area contributed by atoms with E-state index in [-0.39, 0.29) is 0 Å². The first-order valence-electron chi connectivity index (χ1n) is 5.79. The van der Waals surface area contributed by atoms with Gasteiger partial charge in [0.05, 0.1) is 6.61 Å². The molecule has 0 spiro atoms. The second-order valence-electron chi connectivity index (χ2n) is 3.78. The summed E-state index contributed by atoms with van der Waals surface area (Å²) in [5, 5.41) is 0. The summed E-state index contributed by atoms with van der Waals surface area (Å²) < 4.78 is 5.73. The van der Waals surface area contributed by atoms with Crippen LogP contribution in [-0.4, -0.2) is 6.61 Å². The first kappa shape index (κ1) is 11.9. The summed E-state index contributed by atoms with van der Waals surface area (Å²) in [6.07, 6.45) is 4.56. The fraction of sp³-hybridized carbons (Fsp3) is 0.538. The molecule has 0 unspecified atom stereocenters. The number of aryl methyl sites for hydroxylation is 1. The van der Waals surface area contributed by atoms with E-state index in [2.05, 4.69) is 13.8 Å². The summed E-state index contributed by atoms with van der Waals surface area (Å²) in [4.78, 5) is 0. The molecule has 15 heavy (non-hydrogen) atoms. The topological polar surface area (TPSA) is 35.2 Å². The maximum absolute atomic E-state index is 5.73. The summed E-state index contributed by atoms with van der Waals surface area (Å²) in [5.74, 6) is 0.952. The minimum Gasteiger partial charge on any atom is -0.493 e. The lowest BCUT2D eigenvalue weighted by Crippen LogP contribution is -2.00. The fourth-order valence-corrected chi connectivity index (χ4v) is 1.53. The van der Waals surface area contributed by atoms with Gasteiger partial charge in [0.25, 0.3) is 0 Å². The van der Waals surface area contributed by atoms with Crippen molar-refractivity contribution >= 4 is 5.69 Å². The molecule has 0 saturated carbocycles. The summed E-state index contributed by atoms with van der Waals surface area (Å²) in [5.41, 5.74) is 7.74. The average molecular weight is 207 g/mol. The van der Waals surface area contributed by atoms with Crippen molar-refractivity contribution in [1.82, 2.24) is 0 Å². The molecule has 2 heteroatoms. The number of ether oxygens (including phenoxy) is 1. The van der Waals surface area contributed by atoms with Gasteiger partial charge in [0.1, 0.15) is 5.75 Å². The van der Waals surface area contributed by atoms with E-state index >= 15 is 0 Å². The Bertz CT molecular complexity index is 297. The van der Waals surface area contributed by atoms with Gasteiger partial charge in [-0.2, -0.15) is 0 Å². The maximum atomic E-state index is 5.73. The second-order valence-corrected chi connectivity index (χ2v) is 3.78. The number of nitrogens with two attached hydrogens (primary N) is 1. The number of hydrogen-bond donors (Lipinski definition) is 1. The van der Waals surface area contributed by atoms with Crippen molar-refractivity contribution in [3.8, 4) is 5.75 Å². The van der Waals surface area contributed by atoms with Gasteiger partial charge in [-0.1, -0.05) is 32.8 Å². The van der Waals surface area contributed by atoms with Gasteiger partial charge in [0.15, 0.2) is 0 Å². The highest BCUT2D eigenvalue weighted by molar-refractivity contribution is 5.48. The Labute approximate surface area is 92.4 Å². The lowest BCUT2D eigenvalue weighted by atomic mass is 10.1. The van der Waals surface area contributed by atoms with Crippen molar-refractivity contribution in [1.29, 1.82) is 0 Å². The standard InChI is InChI=1S/C13H21NO/c1-3-5-6-9-15-13-10-12(14)8-7-11(13)4-2/h7-8,10H,3-6,9,14H2,1-2H3. The minimum absolute atomic E-state index is 0.776. The van der Waals surface area contributed by atoms with Crippen LogP contribution in [0.5, 0.6) is 5.75 Å². The molecule has 84 valence electrons. The Morgan fingerprint density at radius 3 is 2.67 bits per heavy atom. The molecule has 0 aliphatic carbocycles. The van der Waals surface area contributed by atoms with Gasteiger partial charge in [-0.25, -0.2) is 0 Å². The van der Waals surface area contributed by atoms with Gasteiger partial charge < -0.3 is 10.5 Å². The van der Waals surface area contributed by atoms with Crippen LogP contribution < -0.4 is 10.5 Å². The quantitative estimate of drug-likeness (QED) is 0.573. The van der Waals surface area contributed by atoms with Crippen LogP contribution in [0.2, 0.25) is 0 Å².